The van der Waals surface area contributed by atoms with Gasteiger partial charge >= 0.3 is 5.97 Å². The predicted octanol–water partition coefficient (Wildman–Crippen LogP) is 5.35. The van der Waals surface area contributed by atoms with E-state index in [-0.39, 0.29) is 5.56 Å². The van der Waals surface area contributed by atoms with Crippen molar-refractivity contribution in [3.63, 3.8) is 0 Å². The lowest BCUT2D eigenvalue weighted by molar-refractivity contribution is 0.0696. The molecule has 0 heterocycles. The van der Waals surface area contributed by atoms with Gasteiger partial charge in [0.05, 0.1) is 5.56 Å². The first kappa shape index (κ1) is 15.6. The van der Waals surface area contributed by atoms with Crippen molar-refractivity contribution in [1.82, 2.24) is 0 Å². The third kappa shape index (κ3) is 3.70. The first-order valence-corrected chi connectivity index (χ1v) is 7.56. The van der Waals surface area contributed by atoms with Crippen LogP contribution in [0.4, 0.5) is 0 Å². The second kappa shape index (κ2) is 7.29. The van der Waals surface area contributed by atoms with Crippen LogP contribution in [0.3, 0.4) is 0 Å². The summed E-state index contributed by atoms with van der Waals surface area (Å²) in [6, 6.07) is 24.1. The van der Waals surface area contributed by atoms with E-state index in [1.807, 2.05) is 66.7 Å². The molecule has 0 fully saturated rings. The number of benzene rings is 3. The summed E-state index contributed by atoms with van der Waals surface area (Å²) in [4.78, 5) is 11.3. The number of hydrogen-bond acceptors (Lipinski definition) is 2. The number of aromatic carboxylic acids is 1. The highest BCUT2D eigenvalue weighted by Crippen LogP contribution is 2.26. The number of carbonyl (C=O) groups is 1. The molecule has 3 heteroatoms. The summed E-state index contributed by atoms with van der Waals surface area (Å²) in [6.07, 6.45) is 3.65. The van der Waals surface area contributed by atoms with E-state index in [1.54, 1.807) is 24.3 Å². The molecule has 3 aromatic carbocycles. The molecule has 1 N–H and O–H groups in total. The highest BCUT2D eigenvalue weighted by atomic mass is 16.5. The summed E-state index contributed by atoms with van der Waals surface area (Å²) in [5.74, 6) is 0.529. The molecule has 0 unspecified atom stereocenters. The van der Waals surface area contributed by atoms with Crippen LogP contribution in [-0.4, -0.2) is 11.1 Å². The fraction of sp³-hybridized carbons (Fsp3) is 0. The van der Waals surface area contributed by atoms with Crippen molar-refractivity contribution in [3.05, 3.63) is 95.6 Å². The molecule has 24 heavy (non-hydrogen) atoms. The Balaban J connectivity index is 1.90. The van der Waals surface area contributed by atoms with E-state index in [0.29, 0.717) is 11.3 Å². The van der Waals surface area contributed by atoms with Crippen LogP contribution in [0.1, 0.15) is 21.5 Å². The van der Waals surface area contributed by atoms with Crippen LogP contribution in [0.2, 0.25) is 0 Å². The van der Waals surface area contributed by atoms with Crippen LogP contribution in [0.15, 0.2) is 78.9 Å². The largest absolute Gasteiger partial charge is 0.478 e. The monoisotopic (exact) mass is 316 g/mol. The summed E-state index contributed by atoms with van der Waals surface area (Å²) in [7, 11) is 0. The summed E-state index contributed by atoms with van der Waals surface area (Å²) in [5, 5.41) is 9.25. The Hall–Kier alpha value is -3.33. The van der Waals surface area contributed by atoms with Crippen molar-refractivity contribution in [2.75, 3.05) is 0 Å². The maximum absolute atomic E-state index is 11.3. The maximum atomic E-state index is 11.3. The molecule has 0 aliphatic heterocycles. The van der Waals surface area contributed by atoms with Crippen LogP contribution >= 0.6 is 0 Å². The molecule has 0 spiro atoms. The van der Waals surface area contributed by atoms with E-state index < -0.39 is 5.97 Å². The lowest BCUT2D eigenvalue weighted by Crippen LogP contribution is -1.98. The summed E-state index contributed by atoms with van der Waals surface area (Å²) >= 11 is 0. The molecule has 0 saturated heterocycles. The van der Waals surface area contributed by atoms with E-state index in [1.165, 1.54) is 0 Å². The highest BCUT2D eigenvalue weighted by Gasteiger charge is 2.07. The van der Waals surface area contributed by atoms with E-state index >= 15 is 0 Å². The molecule has 0 aliphatic carbocycles. The first-order valence-electron chi connectivity index (χ1n) is 7.56. The molecule has 3 rings (SSSR count). The number of carboxylic acid groups (broad SMARTS) is 1. The minimum atomic E-state index is -0.941. The van der Waals surface area contributed by atoms with E-state index in [2.05, 4.69) is 0 Å². The molecule has 118 valence electrons. The van der Waals surface area contributed by atoms with Crippen molar-refractivity contribution in [2.45, 2.75) is 0 Å². The summed E-state index contributed by atoms with van der Waals surface area (Å²) in [6.45, 7) is 0. The minimum absolute atomic E-state index is 0.273. The average Bonchev–Trinajstić information content (AvgIpc) is 2.62. The SMILES string of the molecule is O=C(O)c1ccccc1C=Cc1ccccc1Oc1ccccc1. The molecular weight excluding hydrogens is 300 g/mol. The Bertz CT molecular complexity index is 867. The predicted molar refractivity (Wildman–Crippen MR) is 95.3 cm³/mol. The van der Waals surface area contributed by atoms with Gasteiger partial charge in [-0.3, -0.25) is 0 Å². The van der Waals surface area contributed by atoms with E-state index in [4.69, 9.17) is 4.74 Å². The molecule has 0 aromatic heterocycles. The van der Waals surface area contributed by atoms with Gasteiger partial charge < -0.3 is 9.84 Å². The highest BCUT2D eigenvalue weighted by molar-refractivity contribution is 5.93. The van der Waals surface area contributed by atoms with Crippen molar-refractivity contribution in [2.24, 2.45) is 0 Å². The van der Waals surface area contributed by atoms with Crippen molar-refractivity contribution >= 4 is 18.1 Å². The second-order valence-corrected chi connectivity index (χ2v) is 5.18. The normalized spacial score (nSPS) is 10.7. The van der Waals surface area contributed by atoms with Crippen LogP contribution in [0.5, 0.6) is 11.5 Å². The van der Waals surface area contributed by atoms with Gasteiger partial charge in [-0.1, -0.05) is 66.7 Å². The first-order chi connectivity index (χ1) is 11.7. The van der Waals surface area contributed by atoms with Gasteiger partial charge in [0, 0.05) is 5.56 Å². The molecule has 3 aromatic rings. The number of rotatable bonds is 5. The van der Waals surface area contributed by atoms with Gasteiger partial charge in [0.2, 0.25) is 0 Å². The molecule has 0 amide bonds. The van der Waals surface area contributed by atoms with Crippen molar-refractivity contribution < 1.29 is 14.6 Å². The molecule has 0 saturated carbocycles. The molecule has 3 nitrogen and oxygen atoms in total. The number of ether oxygens (including phenoxy) is 1. The van der Waals surface area contributed by atoms with Crippen LogP contribution in [-0.2, 0) is 0 Å². The van der Waals surface area contributed by atoms with Gasteiger partial charge in [0.25, 0.3) is 0 Å². The topological polar surface area (TPSA) is 46.5 Å². The van der Waals surface area contributed by atoms with Crippen LogP contribution < -0.4 is 4.74 Å². The maximum Gasteiger partial charge on any atom is 0.336 e. The molecule has 0 bridgehead atoms. The smallest absolute Gasteiger partial charge is 0.336 e. The third-order valence-corrected chi connectivity index (χ3v) is 3.52. The van der Waals surface area contributed by atoms with Crippen LogP contribution in [0.25, 0.3) is 12.2 Å². The standard InChI is InChI=1S/C21H16O3/c22-21(23)19-12-6-4-8-16(19)14-15-17-9-5-7-13-20(17)24-18-10-2-1-3-11-18/h1-15H,(H,22,23). The number of hydrogen-bond donors (Lipinski definition) is 1. The minimum Gasteiger partial charge on any atom is -0.478 e. The Morgan fingerprint density at radius 2 is 1.33 bits per heavy atom. The van der Waals surface area contributed by atoms with Crippen molar-refractivity contribution in [3.8, 4) is 11.5 Å². The molecular formula is C21H16O3. The Labute approximate surface area is 140 Å². The fourth-order valence-corrected chi connectivity index (χ4v) is 2.34. The zero-order chi connectivity index (χ0) is 16.8. The quantitative estimate of drug-likeness (QED) is 0.646. The lowest BCUT2D eigenvalue weighted by atomic mass is 10.1. The van der Waals surface area contributed by atoms with E-state index in [9.17, 15) is 9.90 Å². The molecule has 0 atom stereocenters. The van der Waals surface area contributed by atoms with E-state index in [0.717, 1.165) is 11.3 Å². The van der Waals surface area contributed by atoms with Gasteiger partial charge in [0.15, 0.2) is 0 Å². The zero-order valence-corrected chi connectivity index (χ0v) is 12.9. The zero-order valence-electron chi connectivity index (χ0n) is 12.9. The fourth-order valence-electron chi connectivity index (χ4n) is 2.34. The van der Waals surface area contributed by atoms with Gasteiger partial charge in [-0.15, -0.1) is 0 Å². The van der Waals surface area contributed by atoms with Gasteiger partial charge in [-0.05, 0) is 29.8 Å². The number of carboxylic acids is 1. The average molecular weight is 316 g/mol. The lowest BCUT2D eigenvalue weighted by Gasteiger charge is -2.08. The molecule has 0 radical (unpaired) electrons. The van der Waals surface area contributed by atoms with Gasteiger partial charge in [-0.2, -0.15) is 0 Å². The Kier molecular flexibility index (Phi) is 4.73. The van der Waals surface area contributed by atoms with Gasteiger partial charge in [0.1, 0.15) is 11.5 Å². The van der Waals surface area contributed by atoms with Crippen LogP contribution in [0, 0.1) is 0 Å². The summed E-state index contributed by atoms with van der Waals surface area (Å²) in [5.41, 5.74) is 1.80. The Morgan fingerprint density at radius 1 is 0.750 bits per heavy atom. The third-order valence-electron chi connectivity index (χ3n) is 3.52. The number of para-hydroxylation sites is 2. The second-order valence-electron chi connectivity index (χ2n) is 5.18. The molecule has 0 aliphatic rings. The summed E-state index contributed by atoms with van der Waals surface area (Å²) < 4.78 is 5.91. The Morgan fingerprint density at radius 3 is 2.08 bits per heavy atom. The van der Waals surface area contributed by atoms with Crippen molar-refractivity contribution in [1.29, 1.82) is 0 Å². The van der Waals surface area contributed by atoms with Gasteiger partial charge in [-0.25, -0.2) is 4.79 Å².